The number of hydrogen-bond donors (Lipinski definition) is 1. The molecule has 1 amide bonds. The first kappa shape index (κ1) is 21.2. The van der Waals surface area contributed by atoms with Gasteiger partial charge in [-0.05, 0) is 109 Å². The highest BCUT2D eigenvalue weighted by Gasteiger charge is 2.32. The van der Waals surface area contributed by atoms with Crippen LogP contribution in [0.2, 0.25) is 0 Å². The molecule has 2 heterocycles. The normalized spacial score (nSPS) is 19.9. The van der Waals surface area contributed by atoms with Gasteiger partial charge in [-0.25, -0.2) is 4.99 Å². The lowest BCUT2D eigenvalue weighted by atomic mass is 10.1. The van der Waals surface area contributed by atoms with E-state index in [0.29, 0.717) is 16.6 Å². The predicted octanol–water partition coefficient (Wildman–Crippen LogP) is 5.61. The summed E-state index contributed by atoms with van der Waals surface area (Å²) in [5, 5.41) is 10.4. The molecule has 30 heavy (non-hydrogen) atoms. The van der Waals surface area contributed by atoms with Crippen molar-refractivity contribution < 1.29 is 9.90 Å². The molecule has 0 atom stereocenters. The second-order valence-corrected chi connectivity index (χ2v) is 9.50. The Morgan fingerprint density at radius 3 is 2.53 bits per heavy atom. The Labute approximate surface area is 195 Å². The van der Waals surface area contributed by atoms with Gasteiger partial charge in [0, 0.05) is 25.3 Å². The summed E-state index contributed by atoms with van der Waals surface area (Å²) in [5.41, 5.74) is 2.98. The van der Waals surface area contributed by atoms with Crippen LogP contribution in [0.1, 0.15) is 31.7 Å². The van der Waals surface area contributed by atoms with Gasteiger partial charge in [0.05, 0.1) is 14.2 Å². The predicted molar refractivity (Wildman–Crippen MR) is 133 cm³/mol. The summed E-state index contributed by atoms with van der Waals surface area (Å²) in [5.74, 6) is 0.211. The molecule has 2 saturated heterocycles. The van der Waals surface area contributed by atoms with E-state index in [9.17, 15) is 9.90 Å². The Kier molecular flexibility index (Phi) is 6.67. The lowest BCUT2D eigenvalue weighted by Gasteiger charge is -2.28. The minimum Gasteiger partial charge on any atom is -0.507 e. The number of thioether (sulfide) groups is 1. The van der Waals surface area contributed by atoms with Crippen LogP contribution in [0, 0.1) is 3.57 Å². The number of phenolic OH excluding ortho intramolecular Hbond substituents is 1. The molecule has 0 aromatic heterocycles. The summed E-state index contributed by atoms with van der Waals surface area (Å²) in [6.45, 7) is 4.76. The number of amides is 1. The molecule has 0 spiro atoms. The summed E-state index contributed by atoms with van der Waals surface area (Å²) >= 11 is 3.48. The van der Waals surface area contributed by atoms with Crippen LogP contribution in [0.5, 0.6) is 5.75 Å². The minimum absolute atomic E-state index is 0.0331. The van der Waals surface area contributed by atoms with Gasteiger partial charge in [-0.1, -0.05) is 6.07 Å². The van der Waals surface area contributed by atoms with Gasteiger partial charge in [0.15, 0.2) is 5.17 Å². The second kappa shape index (κ2) is 9.43. The summed E-state index contributed by atoms with van der Waals surface area (Å²) in [6.07, 6.45) is 5.69. The fraction of sp³-hybridized carbons (Fsp3) is 0.304. The van der Waals surface area contributed by atoms with Crippen molar-refractivity contribution in [1.29, 1.82) is 0 Å². The molecule has 2 aliphatic rings. The summed E-state index contributed by atoms with van der Waals surface area (Å²) < 4.78 is 0.757. The number of halogens is 1. The first-order valence-corrected chi connectivity index (χ1v) is 12.1. The maximum Gasteiger partial charge on any atom is 0.266 e. The minimum atomic E-state index is -0.0331. The molecule has 2 aromatic carbocycles. The van der Waals surface area contributed by atoms with Crippen molar-refractivity contribution in [1.82, 2.24) is 4.90 Å². The van der Waals surface area contributed by atoms with Crippen molar-refractivity contribution in [2.24, 2.45) is 4.99 Å². The van der Waals surface area contributed by atoms with E-state index >= 15 is 0 Å². The third-order valence-electron chi connectivity index (χ3n) is 5.27. The van der Waals surface area contributed by atoms with E-state index in [2.05, 4.69) is 39.6 Å². The third-order valence-corrected chi connectivity index (χ3v) is 7.14. The number of rotatable bonds is 4. The van der Waals surface area contributed by atoms with Crippen molar-refractivity contribution in [3.63, 3.8) is 0 Å². The molecule has 0 unspecified atom stereocenters. The fourth-order valence-corrected chi connectivity index (χ4v) is 5.24. The van der Waals surface area contributed by atoms with Gasteiger partial charge in [-0.15, -0.1) is 0 Å². The Hall–Kier alpha value is -2.00. The SMILES string of the molecule is CCN1C(=O)/C(=C/c2ccc(O)c(I)c2)SC1=Nc1ccc(N2CCCCC2)cc1. The van der Waals surface area contributed by atoms with E-state index in [-0.39, 0.29) is 11.7 Å². The lowest BCUT2D eigenvalue weighted by Crippen LogP contribution is -2.29. The Morgan fingerprint density at radius 2 is 1.87 bits per heavy atom. The Bertz CT molecular complexity index is 998. The van der Waals surface area contributed by atoms with E-state index in [1.807, 2.05) is 37.3 Å². The van der Waals surface area contributed by atoms with Gasteiger partial charge in [0.25, 0.3) is 5.91 Å². The molecule has 0 saturated carbocycles. The van der Waals surface area contributed by atoms with Crippen molar-refractivity contribution in [3.05, 3.63) is 56.5 Å². The van der Waals surface area contributed by atoms with Crippen LogP contribution in [0.3, 0.4) is 0 Å². The quantitative estimate of drug-likeness (QED) is 0.410. The number of hydrogen-bond acceptors (Lipinski definition) is 5. The molecule has 2 aliphatic heterocycles. The average molecular weight is 533 g/mol. The third kappa shape index (κ3) is 4.67. The standard InChI is InChI=1S/C23H24IN3O2S/c1-2-27-22(29)21(15-16-6-11-20(28)19(24)14-16)30-23(27)25-17-7-9-18(10-8-17)26-12-4-3-5-13-26/h6-11,14-15,28H,2-5,12-13H2,1H3/b21-15-,25-23?. The van der Waals surface area contributed by atoms with Gasteiger partial charge >= 0.3 is 0 Å². The molecule has 1 N–H and O–H groups in total. The van der Waals surface area contributed by atoms with Crippen LogP contribution in [-0.4, -0.2) is 40.7 Å². The molecular formula is C23H24IN3O2S. The molecule has 4 rings (SSSR count). The molecule has 0 radical (unpaired) electrons. The van der Waals surface area contributed by atoms with Crippen molar-refractivity contribution in [2.75, 3.05) is 24.5 Å². The zero-order chi connectivity index (χ0) is 21.1. The number of aliphatic imine (C=N–C) groups is 1. The molecule has 0 bridgehead atoms. The van der Waals surface area contributed by atoms with E-state index < -0.39 is 0 Å². The van der Waals surface area contributed by atoms with Crippen LogP contribution in [0.15, 0.2) is 52.4 Å². The van der Waals surface area contributed by atoms with E-state index in [0.717, 1.165) is 27.9 Å². The van der Waals surface area contributed by atoms with Gasteiger partial charge < -0.3 is 10.0 Å². The monoisotopic (exact) mass is 533 g/mol. The fourth-order valence-electron chi connectivity index (χ4n) is 3.64. The zero-order valence-corrected chi connectivity index (χ0v) is 19.8. The van der Waals surface area contributed by atoms with Crippen LogP contribution in [0.4, 0.5) is 11.4 Å². The number of carbonyl (C=O) groups excluding carboxylic acids is 1. The lowest BCUT2D eigenvalue weighted by molar-refractivity contribution is -0.122. The summed E-state index contributed by atoms with van der Waals surface area (Å²) in [7, 11) is 0. The Morgan fingerprint density at radius 1 is 1.13 bits per heavy atom. The van der Waals surface area contributed by atoms with E-state index in [1.54, 1.807) is 11.0 Å². The number of piperidine rings is 1. The van der Waals surface area contributed by atoms with Crippen molar-refractivity contribution in [2.45, 2.75) is 26.2 Å². The number of benzene rings is 2. The molecule has 5 nitrogen and oxygen atoms in total. The highest BCUT2D eigenvalue weighted by molar-refractivity contribution is 14.1. The first-order chi connectivity index (χ1) is 14.5. The molecule has 7 heteroatoms. The second-order valence-electron chi connectivity index (χ2n) is 7.33. The van der Waals surface area contributed by atoms with E-state index in [4.69, 9.17) is 4.99 Å². The van der Waals surface area contributed by atoms with Crippen LogP contribution in [-0.2, 0) is 4.79 Å². The summed E-state index contributed by atoms with van der Waals surface area (Å²) in [4.78, 5) is 22.4. The molecule has 2 aromatic rings. The molecule has 156 valence electrons. The average Bonchev–Trinajstić information content (AvgIpc) is 3.05. The zero-order valence-electron chi connectivity index (χ0n) is 16.8. The molecule has 0 aliphatic carbocycles. The van der Waals surface area contributed by atoms with Gasteiger partial charge in [-0.2, -0.15) is 0 Å². The van der Waals surface area contributed by atoms with Gasteiger partial charge in [-0.3, -0.25) is 9.69 Å². The largest absolute Gasteiger partial charge is 0.507 e. The van der Waals surface area contributed by atoms with Crippen molar-refractivity contribution >= 4 is 62.9 Å². The Balaban J connectivity index is 1.55. The summed E-state index contributed by atoms with van der Waals surface area (Å²) in [6, 6.07) is 13.6. The van der Waals surface area contributed by atoms with E-state index in [1.165, 1.54) is 36.7 Å². The molecular weight excluding hydrogens is 509 g/mol. The number of phenols is 1. The maximum atomic E-state index is 12.9. The van der Waals surface area contributed by atoms with Crippen LogP contribution < -0.4 is 4.90 Å². The number of likely N-dealkylation sites (N-methyl/N-ethyl adjacent to an activating group) is 1. The number of aromatic hydroxyl groups is 1. The number of amidine groups is 1. The highest BCUT2D eigenvalue weighted by atomic mass is 127. The van der Waals surface area contributed by atoms with Crippen LogP contribution >= 0.6 is 34.4 Å². The highest BCUT2D eigenvalue weighted by Crippen LogP contribution is 2.35. The smallest absolute Gasteiger partial charge is 0.266 e. The number of carbonyl (C=O) groups is 1. The molecule has 2 fully saturated rings. The first-order valence-electron chi connectivity index (χ1n) is 10.2. The topological polar surface area (TPSA) is 56.1 Å². The number of nitrogens with zero attached hydrogens (tertiary/aromatic N) is 3. The number of anilines is 1. The van der Waals surface area contributed by atoms with Gasteiger partial charge in [0.2, 0.25) is 0 Å². The maximum absolute atomic E-state index is 12.9. The van der Waals surface area contributed by atoms with Crippen LogP contribution in [0.25, 0.3) is 6.08 Å². The van der Waals surface area contributed by atoms with Gasteiger partial charge in [0.1, 0.15) is 5.75 Å². The van der Waals surface area contributed by atoms with Crippen molar-refractivity contribution in [3.8, 4) is 5.75 Å².